The molecule has 3 nitrogen and oxygen atoms in total. The molecule has 0 amide bonds. The quantitative estimate of drug-likeness (QED) is 0.890. The lowest BCUT2D eigenvalue weighted by Gasteiger charge is -2.27. The molecule has 1 aliphatic heterocycles. The van der Waals surface area contributed by atoms with Crippen molar-refractivity contribution in [1.29, 1.82) is 0 Å². The fourth-order valence-electron chi connectivity index (χ4n) is 2.40. The summed E-state index contributed by atoms with van der Waals surface area (Å²) in [7, 11) is 0. The van der Waals surface area contributed by atoms with Gasteiger partial charge in [0.2, 0.25) is 0 Å². The van der Waals surface area contributed by atoms with Crippen LogP contribution in [0.2, 0.25) is 5.02 Å². The zero-order chi connectivity index (χ0) is 14.1. The lowest BCUT2D eigenvalue weighted by atomic mass is 10.1. The average Bonchev–Trinajstić information content (AvgIpc) is 2.80. The largest absolute Gasteiger partial charge is 0.369 e. The summed E-state index contributed by atoms with van der Waals surface area (Å²) >= 11 is 9.57. The Kier molecular flexibility index (Phi) is 3.68. The summed E-state index contributed by atoms with van der Waals surface area (Å²) in [6.07, 6.45) is 0. The third-order valence-corrected chi connectivity index (χ3v) is 4.03. The monoisotopic (exact) mass is 349 g/mol. The third-order valence-electron chi connectivity index (χ3n) is 3.30. The van der Waals surface area contributed by atoms with E-state index < -0.39 is 0 Å². The van der Waals surface area contributed by atoms with Gasteiger partial charge in [0.25, 0.3) is 0 Å². The van der Waals surface area contributed by atoms with Gasteiger partial charge in [-0.15, -0.1) is 0 Å². The van der Waals surface area contributed by atoms with E-state index in [1.54, 1.807) is 0 Å². The molecule has 1 heterocycles. The van der Waals surface area contributed by atoms with E-state index in [9.17, 15) is 0 Å². The Balaban J connectivity index is 2.00. The second-order valence-corrected chi connectivity index (χ2v) is 5.97. The molecule has 0 saturated carbocycles. The van der Waals surface area contributed by atoms with Gasteiger partial charge in [-0.3, -0.25) is 4.99 Å². The highest BCUT2D eigenvalue weighted by Crippen LogP contribution is 2.33. The van der Waals surface area contributed by atoms with Crippen LogP contribution in [0, 0.1) is 0 Å². The molecule has 3 rings (SSSR count). The van der Waals surface area contributed by atoms with Gasteiger partial charge in [-0.1, -0.05) is 45.7 Å². The van der Waals surface area contributed by atoms with E-state index in [1.165, 1.54) is 0 Å². The Morgan fingerprint density at radius 3 is 2.75 bits per heavy atom. The number of anilines is 1. The van der Waals surface area contributed by atoms with Crippen molar-refractivity contribution in [2.75, 3.05) is 11.4 Å². The van der Waals surface area contributed by atoms with Crippen LogP contribution in [0.3, 0.4) is 0 Å². The number of benzene rings is 2. The Labute approximate surface area is 131 Å². The van der Waals surface area contributed by atoms with Gasteiger partial charge in [-0.2, -0.15) is 0 Å². The summed E-state index contributed by atoms with van der Waals surface area (Å²) < 4.78 is 1.01. The number of rotatable bonds is 2. The summed E-state index contributed by atoms with van der Waals surface area (Å²) in [5.41, 5.74) is 8.18. The van der Waals surface area contributed by atoms with Gasteiger partial charge in [-0.25, -0.2) is 0 Å². The van der Waals surface area contributed by atoms with Crippen molar-refractivity contribution in [1.82, 2.24) is 0 Å². The van der Waals surface area contributed by atoms with Gasteiger partial charge in [0.05, 0.1) is 12.6 Å². The van der Waals surface area contributed by atoms with E-state index in [0.717, 1.165) is 20.7 Å². The summed E-state index contributed by atoms with van der Waals surface area (Å²) in [4.78, 5) is 6.41. The van der Waals surface area contributed by atoms with E-state index >= 15 is 0 Å². The number of hydrogen-bond donors (Lipinski definition) is 1. The molecule has 0 radical (unpaired) electrons. The normalized spacial score (nSPS) is 18.2. The van der Waals surface area contributed by atoms with Crippen molar-refractivity contribution in [3.8, 4) is 0 Å². The van der Waals surface area contributed by atoms with Crippen LogP contribution in [0.1, 0.15) is 11.6 Å². The highest BCUT2D eigenvalue weighted by atomic mass is 79.9. The predicted molar refractivity (Wildman–Crippen MR) is 87.3 cm³/mol. The molecule has 0 spiro atoms. The molecule has 0 aliphatic carbocycles. The lowest BCUT2D eigenvalue weighted by Crippen LogP contribution is -2.36. The zero-order valence-electron chi connectivity index (χ0n) is 10.6. The standard InChI is InChI=1S/C15H13BrClN3/c16-11-4-2-6-13(8-11)20-14(9-19-15(20)18)10-3-1-5-12(17)7-10/h1-8,14H,9H2,(H2,18,19). The number of guanidine groups is 1. The van der Waals surface area contributed by atoms with Crippen LogP contribution in [0.25, 0.3) is 0 Å². The van der Waals surface area contributed by atoms with Crippen molar-refractivity contribution in [2.24, 2.45) is 10.7 Å². The minimum absolute atomic E-state index is 0.0861. The maximum atomic E-state index is 6.08. The van der Waals surface area contributed by atoms with Crippen LogP contribution in [-0.4, -0.2) is 12.5 Å². The predicted octanol–water partition coefficient (Wildman–Crippen LogP) is 3.98. The van der Waals surface area contributed by atoms with E-state index in [0.29, 0.717) is 12.5 Å². The van der Waals surface area contributed by atoms with Gasteiger partial charge in [-0.05, 0) is 35.9 Å². The first-order valence-corrected chi connectivity index (χ1v) is 7.42. The highest BCUT2D eigenvalue weighted by Gasteiger charge is 2.28. The van der Waals surface area contributed by atoms with Crippen molar-refractivity contribution in [2.45, 2.75) is 6.04 Å². The van der Waals surface area contributed by atoms with Crippen molar-refractivity contribution in [3.63, 3.8) is 0 Å². The first-order chi connectivity index (χ1) is 9.65. The van der Waals surface area contributed by atoms with Gasteiger partial charge in [0.15, 0.2) is 5.96 Å². The van der Waals surface area contributed by atoms with Crippen LogP contribution < -0.4 is 10.6 Å². The summed E-state index contributed by atoms with van der Waals surface area (Å²) in [6, 6.07) is 15.9. The number of hydrogen-bond acceptors (Lipinski definition) is 3. The van der Waals surface area contributed by atoms with Gasteiger partial charge < -0.3 is 10.6 Å². The van der Waals surface area contributed by atoms with Crippen LogP contribution in [0.4, 0.5) is 5.69 Å². The van der Waals surface area contributed by atoms with E-state index in [2.05, 4.69) is 27.0 Å². The minimum Gasteiger partial charge on any atom is -0.369 e. The van der Waals surface area contributed by atoms with E-state index in [-0.39, 0.29) is 6.04 Å². The SMILES string of the molecule is NC1=NCC(c2cccc(Cl)c2)N1c1cccc(Br)c1. The second-order valence-electron chi connectivity index (χ2n) is 4.62. The molecule has 0 fully saturated rings. The molecule has 0 saturated heterocycles. The maximum Gasteiger partial charge on any atom is 0.196 e. The Morgan fingerprint density at radius 2 is 2.00 bits per heavy atom. The molecule has 20 heavy (non-hydrogen) atoms. The molecule has 0 aromatic heterocycles. The Hall–Kier alpha value is -1.52. The number of halogens is 2. The number of nitrogens with two attached hydrogens (primary N) is 1. The van der Waals surface area contributed by atoms with Crippen LogP contribution in [0.5, 0.6) is 0 Å². The summed E-state index contributed by atoms with van der Waals surface area (Å²) in [6.45, 7) is 0.638. The van der Waals surface area contributed by atoms with Crippen molar-refractivity contribution < 1.29 is 0 Å². The van der Waals surface area contributed by atoms with Crippen LogP contribution >= 0.6 is 27.5 Å². The topological polar surface area (TPSA) is 41.6 Å². The third kappa shape index (κ3) is 2.53. The summed E-state index contributed by atoms with van der Waals surface area (Å²) in [5, 5.41) is 0.724. The zero-order valence-corrected chi connectivity index (χ0v) is 13.0. The second kappa shape index (κ2) is 5.46. The molecule has 0 bridgehead atoms. The molecule has 1 aliphatic rings. The van der Waals surface area contributed by atoms with Crippen LogP contribution in [0.15, 0.2) is 58.0 Å². The Bertz CT molecular complexity index is 672. The van der Waals surface area contributed by atoms with E-state index in [4.69, 9.17) is 17.3 Å². The lowest BCUT2D eigenvalue weighted by molar-refractivity contribution is 0.768. The molecule has 2 aromatic rings. The van der Waals surface area contributed by atoms with E-state index in [1.807, 2.05) is 47.4 Å². The van der Waals surface area contributed by atoms with Crippen molar-refractivity contribution in [3.05, 3.63) is 63.6 Å². The number of nitrogens with zero attached hydrogens (tertiary/aromatic N) is 2. The molecule has 1 atom stereocenters. The number of aliphatic imine (C=N–C) groups is 1. The van der Waals surface area contributed by atoms with Gasteiger partial charge >= 0.3 is 0 Å². The Morgan fingerprint density at radius 1 is 1.20 bits per heavy atom. The fraction of sp³-hybridized carbons (Fsp3) is 0.133. The molecular weight excluding hydrogens is 338 g/mol. The molecule has 102 valence electrons. The average molecular weight is 351 g/mol. The first kappa shape index (κ1) is 13.5. The first-order valence-electron chi connectivity index (χ1n) is 6.25. The summed E-state index contributed by atoms with van der Waals surface area (Å²) in [5.74, 6) is 0.535. The van der Waals surface area contributed by atoms with Gasteiger partial charge in [0, 0.05) is 15.2 Å². The molecule has 5 heteroatoms. The molecular formula is C15H13BrClN3. The smallest absolute Gasteiger partial charge is 0.196 e. The van der Waals surface area contributed by atoms with Crippen LogP contribution in [-0.2, 0) is 0 Å². The maximum absolute atomic E-state index is 6.08. The minimum atomic E-state index is 0.0861. The molecule has 2 N–H and O–H groups in total. The molecule has 2 aromatic carbocycles. The van der Waals surface area contributed by atoms with Gasteiger partial charge in [0.1, 0.15) is 0 Å². The fourth-order valence-corrected chi connectivity index (χ4v) is 2.99. The highest BCUT2D eigenvalue weighted by molar-refractivity contribution is 9.10. The van der Waals surface area contributed by atoms with Crippen molar-refractivity contribution >= 4 is 39.2 Å². The molecule has 1 unspecified atom stereocenters.